The molecule has 0 heterocycles. The van der Waals surface area contributed by atoms with Gasteiger partial charge in [-0.1, -0.05) is 44.2 Å². The van der Waals surface area contributed by atoms with E-state index in [9.17, 15) is 22.8 Å². The molecule has 2 rings (SSSR count). The maximum atomic E-state index is 13.5. The summed E-state index contributed by atoms with van der Waals surface area (Å²) in [7, 11) is 0. The van der Waals surface area contributed by atoms with Gasteiger partial charge in [0.25, 0.3) is 5.91 Å². The van der Waals surface area contributed by atoms with Gasteiger partial charge in [0.15, 0.2) is 0 Å². The third kappa shape index (κ3) is 6.76. The number of alkyl halides is 4. The molecule has 0 aromatic heterocycles. The normalized spacial score (nSPS) is 11.4. The summed E-state index contributed by atoms with van der Waals surface area (Å²) in [6.45, 7) is 4.26. The van der Waals surface area contributed by atoms with Crippen molar-refractivity contribution in [2.45, 2.75) is 33.0 Å². The van der Waals surface area contributed by atoms with Gasteiger partial charge in [0, 0.05) is 24.3 Å². The number of rotatable bonds is 8. The lowest BCUT2D eigenvalue weighted by atomic mass is 10.1. The number of hydrogen-bond acceptors (Lipinski definition) is 2. The fourth-order valence-electron chi connectivity index (χ4n) is 2.80. The summed E-state index contributed by atoms with van der Waals surface area (Å²) in [5, 5.41) is 2.62. The van der Waals surface area contributed by atoms with Crippen LogP contribution >= 0.6 is 11.6 Å². The first-order chi connectivity index (χ1) is 14.1. The lowest BCUT2D eigenvalue weighted by molar-refractivity contribution is -0.137. The van der Waals surface area contributed by atoms with Crippen LogP contribution in [0.25, 0.3) is 0 Å². The molecule has 2 aromatic carbocycles. The molecule has 0 bridgehead atoms. The van der Waals surface area contributed by atoms with Crippen LogP contribution in [0, 0.1) is 5.92 Å². The molecule has 0 aliphatic rings. The summed E-state index contributed by atoms with van der Waals surface area (Å²) in [6.07, 6.45) is -4.09. The van der Waals surface area contributed by atoms with Crippen LogP contribution in [0.15, 0.2) is 48.5 Å². The number of nitrogens with zero attached hydrogens (tertiary/aromatic N) is 1. The number of carbonyl (C=O) groups excluding carboxylic acids is 2. The van der Waals surface area contributed by atoms with Gasteiger partial charge in [-0.3, -0.25) is 9.59 Å². The molecule has 0 spiro atoms. The minimum absolute atomic E-state index is 0.000913. The highest BCUT2D eigenvalue weighted by Crippen LogP contribution is 2.33. The molecule has 0 saturated carbocycles. The van der Waals surface area contributed by atoms with Crippen molar-refractivity contribution in [1.29, 1.82) is 0 Å². The predicted molar refractivity (Wildman–Crippen MR) is 112 cm³/mol. The largest absolute Gasteiger partial charge is 0.416 e. The van der Waals surface area contributed by atoms with Crippen molar-refractivity contribution in [2.24, 2.45) is 5.92 Å². The van der Waals surface area contributed by atoms with Gasteiger partial charge in [-0.25, -0.2) is 0 Å². The van der Waals surface area contributed by atoms with E-state index >= 15 is 0 Å². The maximum absolute atomic E-state index is 13.5. The molecule has 0 aliphatic carbocycles. The first-order valence-electron chi connectivity index (χ1n) is 9.52. The van der Waals surface area contributed by atoms with E-state index in [0.29, 0.717) is 6.42 Å². The van der Waals surface area contributed by atoms with Crippen LogP contribution in [0.1, 0.15) is 41.8 Å². The van der Waals surface area contributed by atoms with E-state index in [4.69, 9.17) is 11.6 Å². The van der Waals surface area contributed by atoms with E-state index in [1.165, 1.54) is 11.0 Å². The number of hydrogen-bond donors (Lipinski definition) is 1. The number of nitrogens with one attached hydrogen (secondary N) is 1. The van der Waals surface area contributed by atoms with Crippen molar-refractivity contribution in [3.63, 3.8) is 0 Å². The summed E-state index contributed by atoms with van der Waals surface area (Å²) < 4.78 is 40.4. The van der Waals surface area contributed by atoms with Crippen LogP contribution in [0.4, 0.5) is 18.9 Å². The number of anilines is 1. The van der Waals surface area contributed by atoms with E-state index < -0.39 is 23.6 Å². The van der Waals surface area contributed by atoms with Crippen molar-refractivity contribution in [3.8, 4) is 0 Å². The van der Waals surface area contributed by atoms with Crippen molar-refractivity contribution in [2.75, 3.05) is 17.3 Å². The van der Waals surface area contributed by atoms with Gasteiger partial charge in [0.2, 0.25) is 5.91 Å². The second kappa shape index (κ2) is 10.5. The molecule has 8 heteroatoms. The summed E-state index contributed by atoms with van der Waals surface area (Å²) in [5.74, 6) is -1.32. The molecule has 2 aromatic rings. The van der Waals surface area contributed by atoms with Gasteiger partial charge in [0.05, 0.1) is 5.56 Å². The predicted octanol–water partition coefficient (Wildman–Crippen LogP) is 5.25. The first-order valence-corrected chi connectivity index (χ1v) is 10.1. The van der Waals surface area contributed by atoms with E-state index in [1.54, 1.807) is 24.3 Å². The van der Waals surface area contributed by atoms with Crippen molar-refractivity contribution in [3.05, 3.63) is 65.2 Å². The highest BCUT2D eigenvalue weighted by Gasteiger charge is 2.33. The Morgan fingerprint density at radius 3 is 2.33 bits per heavy atom. The van der Waals surface area contributed by atoms with Crippen LogP contribution < -0.4 is 10.2 Å². The number of benzene rings is 2. The smallest absolute Gasteiger partial charge is 0.348 e. The van der Waals surface area contributed by atoms with Crippen LogP contribution in [-0.4, -0.2) is 24.2 Å². The minimum Gasteiger partial charge on any atom is -0.348 e. The second-order valence-corrected chi connectivity index (χ2v) is 7.56. The molecule has 0 radical (unpaired) electrons. The maximum Gasteiger partial charge on any atom is 0.416 e. The average molecular weight is 441 g/mol. The molecule has 0 unspecified atom stereocenters. The molecule has 0 fully saturated rings. The van der Waals surface area contributed by atoms with E-state index in [2.05, 4.69) is 5.32 Å². The Balaban J connectivity index is 2.37. The fourth-order valence-corrected chi connectivity index (χ4v) is 2.94. The monoisotopic (exact) mass is 440 g/mol. The third-order valence-corrected chi connectivity index (χ3v) is 4.69. The molecule has 162 valence electrons. The highest BCUT2D eigenvalue weighted by atomic mass is 35.5. The second-order valence-electron chi connectivity index (χ2n) is 7.30. The Hall–Kier alpha value is -2.54. The highest BCUT2D eigenvalue weighted by molar-refractivity contribution is 6.29. The van der Waals surface area contributed by atoms with Crippen LogP contribution in [0.2, 0.25) is 0 Å². The zero-order chi connectivity index (χ0) is 22.3. The van der Waals surface area contributed by atoms with Gasteiger partial charge in [0.1, 0.15) is 5.88 Å². The summed E-state index contributed by atoms with van der Waals surface area (Å²) in [5.41, 5.74) is -0.357. The van der Waals surface area contributed by atoms with E-state index in [1.807, 2.05) is 19.9 Å². The average Bonchev–Trinajstić information content (AvgIpc) is 2.71. The molecular formula is C22H24ClF3N2O2. The lowest BCUT2D eigenvalue weighted by Gasteiger charge is -2.24. The molecule has 1 N–H and O–H groups in total. The molecule has 4 nitrogen and oxygen atoms in total. The van der Waals surface area contributed by atoms with Crippen molar-refractivity contribution >= 4 is 29.1 Å². The van der Waals surface area contributed by atoms with Crippen LogP contribution in [-0.2, 0) is 17.5 Å². The first kappa shape index (κ1) is 23.7. The number of halogens is 4. The number of amides is 2. The Morgan fingerprint density at radius 2 is 1.77 bits per heavy atom. The zero-order valence-electron chi connectivity index (χ0n) is 16.8. The molecule has 0 atom stereocenters. The van der Waals surface area contributed by atoms with E-state index in [-0.39, 0.29) is 36.1 Å². The molecule has 30 heavy (non-hydrogen) atoms. The van der Waals surface area contributed by atoms with Crippen LogP contribution in [0.5, 0.6) is 0 Å². The zero-order valence-corrected chi connectivity index (χ0v) is 17.6. The Kier molecular flexibility index (Phi) is 8.29. The summed E-state index contributed by atoms with van der Waals surface area (Å²) in [4.78, 5) is 26.1. The van der Waals surface area contributed by atoms with Gasteiger partial charge >= 0.3 is 6.18 Å². The third-order valence-electron chi connectivity index (χ3n) is 4.46. The molecular weight excluding hydrogens is 417 g/mol. The van der Waals surface area contributed by atoms with Crippen molar-refractivity contribution < 1.29 is 22.8 Å². The van der Waals surface area contributed by atoms with Gasteiger partial charge in [-0.15, -0.1) is 11.6 Å². The Morgan fingerprint density at radius 1 is 1.10 bits per heavy atom. The Labute approximate surface area is 179 Å². The summed E-state index contributed by atoms with van der Waals surface area (Å²) in [6, 6.07) is 12.0. The standard InChI is InChI=1S/C22H24ClF3N2O2/c1-15(2)8-9-28(20(29)13-23)19-11-17(10-18(12-19)22(24,25)26)21(30)27-14-16-6-4-3-5-7-16/h3-7,10-12,15H,8-9,13-14H2,1-2H3,(H,27,30). The quantitative estimate of drug-likeness (QED) is 0.570. The molecule has 0 saturated heterocycles. The SMILES string of the molecule is CC(C)CCN(C(=O)CCl)c1cc(C(=O)NCc2ccccc2)cc(C(F)(F)F)c1. The van der Waals surface area contributed by atoms with E-state index in [0.717, 1.165) is 17.7 Å². The number of carbonyl (C=O) groups is 2. The van der Waals surface area contributed by atoms with Crippen molar-refractivity contribution in [1.82, 2.24) is 5.32 Å². The van der Waals surface area contributed by atoms with Crippen LogP contribution in [0.3, 0.4) is 0 Å². The van der Waals surface area contributed by atoms with Gasteiger partial charge < -0.3 is 10.2 Å². The summed E-state index contributed by atoms with van der Waals surface area (Å²) >= 11 is 5.67. The lowest BCUT2D eigenvalue weighted by Crippen LogP contribution is -2.34. The topological polar surface area (TPSA) is 49.4 Å². The minimum atomic E-state index is -4.67. The molecule has 0 aliphatic heterocycles. The Bertz CT molecular complexity index is 870. The molecule has 2 amide bonds. The van der Waals surface area contributed by atoms with Gasteiger partial charge in [-0.05, 0) is 36.1 Å². The fraction of sp³-hybridized carbons (Fsp3) is 0.364. The van der Waals surface area contributed by atoms with Gasteiger partial charge in [-0.2, -0.15) is 13.2 Å².